The summed E-state index contributed by atoms with van der Waals surface area (Å²) in [6.45, 7) is 21.1. The number of rotatable bonds is 22. The predicted molar refractivity (Wildman–Crippen MR) is 168 cm³/mol. The minimum Gasteiger partial charge on any atom is -0.444 e. The molecule has 7 heteroatoms. The zero-order valence-corrected chi connectivity index (χ0v) is 28.5. The maximum absolute atomic E-state index is 12.6. The molecule has 3 atom stereocenters. The van der Waals surface area contributed by atoms with Crippen molar-refractivity contribution < 1.29 is 24.2 Å². The van der Waals surface area contributed by atoms with Crippen LogP contribution in [-0.2, 0) is 9.16 Å². The zero-order chi connectivity index (χ0) is 30.1. The SMILES string of the molecule is CCCCCCCCCCCCCC[C@@H](O)[C@H](O)[C@H](CO[Si](C(C)C)(C(C)C)C(C)C)NC(=O)OC(C)(C)C. The second kappa shape index (κ2) is 20.3. The topological polar surface area (TPSA) is 88.0 Å². The highest BCUT2D eigenvalue weighted by Crippen LogP contribution is 2.42. The molecule has 0 aromatic heterocycles. The fourth-order valence-corrected chi connectivity index (χ4v) is 11.5. The molecule has 0 aromatic rings. The first-order valence-corrected chi connectivity index (χ1v) is 18.3. The van der Waals surface area contributed by atoms with E-state index in [1.165, 1.54) is 57.8 Å². The number of amides is 1. The molecular formula is C32H67NO5Si. The van der Waals surface area contributed by atoms with Crippen LogP contribution in [0.2, 0.25) is 16.6 Å². The van der Waals surface area contributed by atoms with Crippen molar-refractivity contribution in [3.8, 4) is 0 Å². The molecule has 0 bridgehead atoms. The van der Waals surface area contributed by atoms with E-state index < -0.39 is 38.3 Å². The predicted octanol–water partition coefficient (Wildman–Crippen LogP) is 8.88. The van der Waals surface area contributed by atoms with Crippen molar-refractivity contribution in [3.05, 3.63) is 0 Å². The van der Waals surface area contributed by atoms with Gasteiger partial charge in [-0.2, -0.15) is 0 Å². The summed E-state index contributed by atoms with van der Waals surface area (Å²) in [5.74, 6) is 0. The summed E-state index contributed by atoms with van der Waals surface area (Å²) in [5.41, 5.74) is 0.480. The molecule has 39 heavy (non-hydrogen) atoms. The monoisotopic (exact) mass is 573 g/mol. The van der Waals surface area contributed by atoms with Gasteiger partial charge in [-0.25, -0.2) is 4.79 Å². The summed E-state index contributed by atoms with van der Waals surface area (Å²) >= 11 is 0. The van der Waals surface area contributed by atoms with Gasteiger partial charge in [0.05, 0.1) is 18.8 Å². The van der Waals surface area contributed by atoms with Gasteiger partial charge in [0.15, 0.2) is 8.32 Å². The van der Waals surface area contributed by atoms with Gasteiger partial charge in [0.25, 0.3) is 0 Å². The van der Waals surface area contributed by atoms with Crippen molar-refractivity contribution in [2.24, 2.45) is 0 Å². The number of hydrogen-bond donors (Lipinski definition) is 3. The molecule has 0 saturated carbocycles. The van der Waals surface area contributed by atoms with Gasteiger partial charge in [-0.15, -0.1) is 0 Å². The quantitative estimate of drug-likeness (QED) is 0.0889. The molecule has 234 valence electrons. The lowest BCUT2D eigenvalue weighted by Crippen LogP contribution is -2.56. The average Bonchev–Trinajstić information content (AvgIpc) is 2.81. The fourth-order valence-electron chi connectivity index (χ4n) is 6.05. The minimum absolute atomic E-state index is 0.163. The van der Waals surface area contributed by atoms with Crippen molar-refractivity contribution in [3.63, 3.8) is 0 Å². The maximum Gasteiger partial charge on any atom is 0.408 e. The average molecular weight is 574 g/mol. The largest absolute Gasteiger partial charge is 0.444 e. The third-order valence-corrected chi connectivity index (χ3v) is 14.2. The molecule has 0 unspecified atom stereocenters. The Hall–Kier alpha value is -0.633. The van der Waals surface area contributed by atoms with E-state index in [0.717, 1.165) is 19.3 Å². The summed E-state index contributed by atoms with van der Waals surface area (Å²) < 4.78 is 12.2. The summed E-state index contributed by atoms with van der Waals surface area (Å²) in [6.07, 6.45) is 12.9. The molecule has 0 aliphatic carbocycles. The minimum atomic E-state index is -2.21. The summed E-state index contributed by atoms with van der Waals surface area (Å²) in [4.78, 5) is 12.6. The van der Waals surface area contributed by atoms with Crippen LogP contribution in [0.3, 0.4) is 0 Å². The number of hydrogen-bond acceptors (Lipinski definition) is 5. The highest BCUT2D eigenvalue weighted by atomic mass is 28.4. The number of carbonyl (C=O) groups is 1. The number of nitrogens with one attached hydrogen (secondary N) is 1. The number of unbranched alkanes of at least 4 members (excludes halogenated alkanes) is 11. The fraction of sp³-hybridized carbons (Fsp3) is 0.969. The molecule has 0 aliphatic rings. The lowest BCUT2D eigenvalue weighted by molar-refractivity contribution is -0.0239. The Morgan fingerprint density at radius 1 is 0.744 bits per heavy atom. The van der Waals surface area contributed by atoms with Crippen molar-refractivity contribution in [2.75, 3.05) is 6.61 Å². The number of alkyl carbamates (subject to hydrolysis) is 1. The normalized spacial score (nSPS) is 15.2. The van der Waals surface area contributed by atoms with Crippen LogP contribution in [0.5, 0.6) is 0 Å². The van der Waals surface area contributed by atoms with E-state index >= 15 is 0 Å². The summed E-state index contributed by atoms with van der Waals surface area (Å²) in [6, 6.07) is -0.740. The van der Waals surface area contributed by atoms with Crippen molar-refractivity contribution in [1.29, 1.82) is 0 Å². The number of ether oxygens (including phenoxy) is 1. The van der Waals surface area contributed by atoms with Gasteiger partial charge in [0.1, 0.15) is 11.7 Å². The van der Waals surface area contributed by atoms with E-state index in [2.05, 4.69) is 53.8 Å². The molecule has 6 nitrogen and oxygen atoms in total. The molecule has 0 heterocycles. The van der Waals surface area contributed by atoms with Gasteiger partial charge >= 0.3 is 6.09 Å². The van der Waals surface area contributed by atoms with E-state index in [-0.39, 0.29) is 6.61 Å². The van der Waals surface area contributed by atoms with Gasteiger partial charge < -0.3 is 24.7 Å². The van der Waals surface area contributed by atoms with Crippen molar-refractivity contribution in [2.45, 2.75) is 193 Å². The second-order valence-corrected chi connectivity index (χ2v) is 19.1. The van der Waals surface area contributed by atoms with Crippen LogP contribution in [0, 0.1) is 0 Å². The van der Waals surface area contributed by atoms with E-state index in [9.17, 15) is 15.0 Å². The standard InChI is InChI=1S/C32H67NO5Si/c1-11-12-13-14-15-16-17-18-19-20-21-22-23-29(34)30(35)28(33-31(36)38-32(8,9)10)24-37-39(25(2)3,26(4)5)27(6)7/h25-30,34-35H,11-24H2,1-10H3,(H,33,36)/t28-,29+,30+/m0/s1. The first-order valence-electron chi connectivity index (χ1n) is 16.2. The van der Waals surface area contributed by atoms with Gasteiger partial charge in [-0.1, -0.05) is 126 Å². The van der Waals surface area contributed by atoms with Crippen molar-refractivity contribution >= 4 is 14.4 Å². The van der Waals surface area contributed by atoms with Crippen molar-refractivity contribution in [1.82, 2.24) is 5.32 Å². The first-order chi connectivity index (χ1) is 18.2. The maximum atomic E-state index is 12.6. The molecule has 0 saturated heterocycles. The lowest BCUT2D eigenvalue weighted by Gasteiger charge is -2.43. The van der Waals surface area contributed by atoms with E-state index in [1.54, 1.807) is 0 Å². The van der Waals surface area contributed by atoms with E-state index in [0.29, 0.717) is 23.0 Å². The molecular weight excluding hydrogens is 506 g/mol. The summed E-state index contributed by atoms with van der Waals surface area (Å²) in [7, 11) is -2.21. The van der Waals surface area contributed by atoms with Gasteiger partial charge in [-0.3, -0.25) is 0 Å². The number of carbonyl (C=O) groups excluding carboxylic acids is 1. The smallest absolute Gasteiger partial charge is 0.408 e. The second-order valence-electron chi connectivity index (χ2n) is 13.6. The van der Waals surface area contributed by atoms with E-state index in [4.69, 9.17) is 9.16 Å². The molecule has 1 amide bonds. The lowest BCUT2D eigenvalue weighted by atomic mass is 9.99. The first kappa shape index (κ1) is 38.4. The third kappa shape index (κ3) is 15.8. The molecule has 3 N–H and O–H groups in total. The Morgan fingerprint density at radius 2 is 1.15 bits per heavy atom. The molecule has 0 fully saturated rings. The number of aliphatic hydroxyl groups excluding tert-OH is 2. The van der Waals surface area contributed by atoms with E-state index in [1.807, 2.05) is 20.8 Å². The van der Waals surface area contributed by atoms with Crippen LogP contribution < -0.4 is 5.32 Å². The van der Waals surface area contributed by atoms with Gasteiger partial charge in [0.2, 0.25) is 0 Å². The van der Waals surface area contributed by atoms with Gasteiger partial charge in [-0.05, 0) is 43.8 Å². The Balaban J connectivity index is 4.88. The van der Waals surface area contributed by atoms with Crippen LogP contribution in [-0.4, -0.2) is 55.1 Å². The Labute approximate surface area is 243 Å². The molecule has 0 spiro atoms. The molecule has 0 radical (unpaired) electrons. The summed E-state index contributed by atoms with van der Waals surface area (Å²) in [5, 5.41) is 24.8. The van der Waals surface area contributed by atoms with Crippen LogP contribution in [0.4, 0.5) is 4.79 Å². The highest BCUT2D eigenvalue weighted by Gasteiger charge is 2.46. The van der Waals surface area contributed by atoms with Crippen LogP contribution in [0.25, 0.3) is 0 Å². The molecule has 0 rings (SSSR count). The van der Waals surface area contributed by atoms with Gasteiger partial charge in [0, 0.05) is 0 Å². The van der Waals surface area contributed by atoms with Crippen LogP contribution in [0.1, 0.15) is 153 Å². The zero-order valence-electron chi connectivity index (χ0n) is 27.5. The Bertz CT molecular complexity index is 598. The third-order valence-electron chi connectivity index (χ3n) is 8.08. The Kier molecular flexibility index (Phi) is 19.9. The number of aliphatic hydroxyl groups is 2. The highest BCUT2D eigenvalue weighted by molar-refractivity contribution is 6.77. The molecule has 0 aromatic carbocycles. The van der Waals surface area contributed by atoms with Crippen LogP contribution >= 0.6 is 0 Å². The Morgan fingerprint density at radius 3 is 1.54 bits per heavy atom. The van der Waals surface area contributed by atoms with Crippen LogP contribution in [0.15, 0.2) is 0 Å². The molecule has 0 aliphatic heterocycles.